The molecule has 0 saturated carbocycles. The normalized spacial score (nSPS) is 10.9. The number of nitrogens with one attached hydrogen (secondary N) is 1. The van der Waals surface area contributed by atoms with Crippen molar-refractivity contribution in [3.05, 3.63) is 32.3 Å². The fourth-order valence-corrected chi connectivity index (χ4v) is 3.57. The molecule has 4 heteroatoms. The van der Waals surface area contributed by atoms with E-state index in [1.165, 1.54) is 16.6 Å². The van der Waals surface area contributed by atoms with Crippen LogP contribution >= 0.6 is 31.9 Å². The van der Waals surface area contributed by atoms with Crippen molar-refractivity contribution in [1.29, 1.82) is 0 Å². The van der Waals surface area contributed by atoms with Crippen LogP contribution in [-0.4, -0.2) is 11.5 Å². The molecule has 0 unspecified atom stereocenters. The van der Waals surface area contributed by atoms with Gasteiger partial charge < -0.3 is 5.32 Å². The van der Waals surface area contributed by atoms with E-state index in [1.54, 1.807) is 0 Å². The first kappa shape index (κ1) is 13.8. The molecule has 2 aromatic rings. The van der Waals surface area contributed by atoms with E-state index in [9.17, 15) is 0 Å². The minimum absolute atomic E-state index is 0.912. The van der Waals surface area contributed by atoms with Crippen LogP contribution < -0.4 is 5.32 Å². The van der Waals surface area contributed by atoms with Crippen molar-refractivity contribution in [2.75, 3.05) is 11.9 Å². The maximum atomic E-state index is 4.72. The first-order valence-electron chi connectivity index (χ1n) is 6.10. The number of hydrogen-bond acceptors (Lipinski definition) is 2. The molecule has 0 aliphatic heterocycles. The summed E-state index contributed by atoms with van der Waals surface area (Å²) in [6.45, 7) is 7.28. The molecule has 0 radical (unpaired) electrons. The van der Waals surface area contributed by atoms with Gasteiger partial charge in [0.05, 0.1) is 5.52 Å². The topological polar surface area (TPSA) is 24.9 Å². The first-order valence-corrected chi connectivity index (χ1v) is 7.69. The van der Waals surface area contributed by atoms with Crippen molar-refractivity contribution in [3.8, 4) is 0 Å². The molecule has 0 spiro atoms. The summed E-state index contributed by atoms with van der Waals surface area (Å²) in [6, 6.07) is 4.17. The molecule has 18 heavy (non-hydrogen) atoms. The van der Waals surface area contributed by atoms with E-state index in [-0.39, 0.29) is 0 Å². The molecular weight excluding hydrogens is 356 g/mol. The molecule has 96 valence electrons. The van der Waals surface area contributed by atoms with Crippen LogP contribution in [-0.2, 0) is 6.42 Å². The smallest absolute Gasteiger partial charge is 0.0868 e. The Hall–Kier alpha value is -0.610. The summed E-state index contributed by atoms with van der Waals surface area (Å²) in [5.74, 6) is 0. The van der Waals surface area contributed by atoms with Gasteiger partial charge in [0.25, 0.3) is 0 Å². The number of anilines is 1. The molecule has 0 saturated heterocycles. The molecule has 0 aliphatic carbocycles. The molecule has 0 bridgehead atoms. The minimum Gasteiger partial charge on any atom is -0.384 e. The number of aromatic nitrogens is 1. The van der Waals surface area contributed by atoms with Gasteiger partial charge in [0, 0.05) is 32.3 Å². The van der Waals surface area contributed by atoms with Crippen molar-refractivity contribution in [2.45, 2.75) is 27.2 Å². The third-order valence-corrected chi connectivity index (χ3v) is 4.08. The molecule has 1 aromatic carbocycles. The lowest BCUT2D eigenvalue weighted by Gasteiger charge is -2.16. The number of nitrogens with zero attached hydrogens (tertiary/aromatic N) is 1. The Balaban J connectivity index is 2.87. The van der Waals surface area contributed by atoms with Gasteiger partial charge in [0.1, 0.15) is 0 Å². The molecule has 0 atom stereocenters. The first-order chi connectivity index (χ1) is 8.58. The molecule has 1 aromatic heterocycles. The number of pyridine rings is 1. The second-order valence-electron chi connectivity index (χ2n) is 4.22. The molecular formula is C14H16Br2N2. The lowest BCUT2D eigenvalue weighted by atomic mass is 10.0. The fourth-order valence-electron chi connectivity index (χ4n) is 2.26. The van der Waals surface area contributed by atoms with Crippen molar-refractivity contribution in [2.24, 2.45) is 0 Å². The lowest BCUT2D eigenvalue weighted by molar-refractivity contribution is 1.06. The van der Waals surface area contributed by atoms with Crippen LogP contribution in [0.15, 0.2) is 21.1 Å². The fraction of sp³-hybridized carbons (Fsp3) is 0.357. The van der Waals surface area contributed by atoms with Gasteiger partial charge >= 0.3 is 0 Å². The Morgan fingerprint density at radius 2 is 1.94 bits per heavy atom. The highest BCUT2D eigenvalue weighted by Crippen LogP contribution is 2.35. The summed E-state index contributed by atoms with van der Waals surface area (Å²) in [5.41, 5.74) is 4.63. The summed E-state index contributed by atoms with van der Waals surface area (Å²) in [5, 5.41) is 4.65. The zero-order valence-corrected chi connectivity index (χ0v) is 13.9. The standard InChI is InChI=1S/C14H16Br2N2/c1-4-10-8(3)18-14-11(13(10)17-5-2)6-9(15)7-12(14)16/h6-7H,4-5H2,1-3H3,(H,17,18). The van der Waals surface area contributed by atoms with E-state index in [4.69, 9.17) is 4.98 Å². The van der Waals surface area contributed by atoms with Crippen LogP contribution in [0.3, 0.4) is 0 Å². The molecule has 1 N–H and O–H groups in total. The van der Waals surface area contributed by atoms with Crippen molar-refractivity contribution in [1.82, 2.24) is 4.98 Å². The highest BCUT2D eigenvalue weighted by Gasteiger charge is 2.13. The lowest BCUT2D eigenvalue weighted by Crippen LogP contribution is -2.05. The van der Waals surface area contributed by atoms with Crippen LogP contribution in [0, 0.1) is 6.92 Å². The highest BCUT2D eigenvalue weighted by molar-refractivity contribution is 9.11. The van der Waals surface area contributed by atoms with Crippen molar-refractivity contribution >= 4 is 48.5 Å². The minimum atomic E-state index is 0.912. The van der Waals surface area contributed by atoms with Gasteiger partial charge in [0.2, 0.25) is 0 Å². The van der Waals surface area contributed by atoms with Crippen LogP contribution in [0.5, 0.6) is 0 Å². The van der Waals surface area contributed by atoms with Gasteiger partial charge in [-0.3, -0.25) is 4.98 Å². The Bertz CT molecular complexity index is 594. The summed E-state index contributed by atoms with van der Waals surface area (Å²) >= 11 is 7.14. The van der Waals surface area contributed by atoms with E-state index < -0.39 is 0 Å². The Morgan fingerprint density at radius 3 is 2.56 bits per heavy atom. The number of halogens is 2. The zero-order chi connectivity index (χ0) is 13.3. The SMILES string of the molecule is CCNc1c(CC)c(C)nc2c(Br)cc(Br)cc12. The number of fused-ring (bicyclic) bond motifs is 1. The van der Waals surface area contributed by atoms with Crippen LogP contribution in [0.1, 0.15) is 25.1 Å². The van der Waals surface area contributed by atoms with Crippen LogP contribution in [0.4, 0.5) is 5.69 Å². The van der Waals surface area contributed by atoms with Gasteiger partial charge in [-0.25, -0.2) is 0 Å². The van der Waals surface area contributed by atoms with E-state index in [0.29, 0.717) is 0 Å². The van der Waals surface area contributed by atoms with Gasteiger partial charge in [-0.15, -0.1) is 0 Å². The average molecular weight is 372 g/mol. The summed E-state index contributed by atoms with van der Waals surface area (Å²) in [4.78, 5) is 4.72. The molecule has 2 rings (SSSR count). The second kappa shape index (κ2) is 5.57. The molecule has 0 amide bonds. The number of benzene rings is 1. The van der Waals surface area contributed by atoms with E-state index in [1.807, 2.05) is 6.07 Å². The Labute approximate surface area is 124 Å². The van der Waals surface area contributed by atoms with Crippen LogP contribution in [0.25, 0.3) is 10.9 Å². The molecule has 2 nitrogen and oxygen atoms in total. The molecule has 0 aliphatic rings. The predicted molar refractivity (Wildman–Crippen MR) is 85.4 cm³/mol. The average Bonchev–Trinajstić information content (AvgIpc) is 2.31. The van der Waals surface area contributed by atoms with E-state index in [0.717, 1.165) is 33.1 Å². The number of hydrogen-bond donors (Lipinski definition) is 1. The summed E-state index contributed by atoms with van der Waals surface area (Å²) in [6.07, 6.45) is 0.987. The molecule has 1 heterocycles. The van der Waals surface area contributed by atoms with Gasteiger partial charge in [-0.05, 0) is 53.9 Å². The molecule has 0 fully saturated rings. The quantitative estimate of drug-likeness (QED) is 0.815. The van der Waals surface area contributed by atoms with E-state index in [2.05, 4.69) is 64.0 Å². The van der Waals surface area contributed by atoms with Gasteiger partial charge in [0.15, 0.2) is 0 Å². The van der Waals surface area contributed by atoms with Crippen molar-refractivity contribution < 1.29 is 0 Å². The maximum absolute atomic E-state index is 4.72. The number of rotatable bonds is 3. The van der Waals surface area contributed by atoms with Gasteiger partial charge in [-0.1, -0.05) is 22.9 Å². The van der Waals surface area contributed by atoms with Gasteiger partial charge in [-0.2, -0.15) is 0 Å². The maximum Gasteiger partial charge on any atom is 0.0868 e. The number of aryl methyl sites for hydroxylation is 1. The predicted octanol–water partition coefficient (Wildman–Crippen LogP) is 5.06. The monoisotopic (exact) mass is 370 g/mol. The van der Waals surface area contributed by atoms with Crippen molar-refractivity contribution in [3.63, 3.8) is 0 Å². The summed E-state index contributed by atoms with van der Waals surface area (Å²) in [7, 11) is 0. The Kier molecular flexibility index (Phi) is 4.28. The second-order valence-corrected chi connectivity index (χ2v) is 5.99. The summed E-state index contributed by atoms with van der Waals surface area (Å²) < 4.78 is 2.09. The van der Waals surface area contributed by atoms with E-state index >= 15 is 0 Å². The third-order valence-electron chi connectivity index (χ3n) is 3.02. The third kappa shape index (κ3) is 2.41. The van der Waals surface area contributed by atoms with Crippen LogP contribution in [0.2, 0.25) is 0 Å². The largest absolute Gasteiger partial charge is 0.384 e. The highest BCUT2D eigenvalue weighted by atomic mass is 79.9. The zero-order valence-electron chi connectivity index (χ0n) is 10.8. The Morgan fingerprint density at radius 1 is 1.22 bits per heavy atom.